The van der Waals surface area contributed by atoms with Crippen LogP contribution in [0.25, 0.3) is 11.1 Å². The van der Waals surface area contributed by atoms with E-state index in [-0.39, 0.29) is 0 Å². The van der Waals surface area contributed by atoms with Crippen molar-refractivity contribution in [3.63, 3.8) is 0 Å². The molecule has 0 saturated carbocycles. The van der Waals surface area contributed by atoms with Gasteiger partial charge in [-0.3, -0.25) is 4.90 Å². The minimum atomic E-state index is -5.08. The number of aromatic carboxylic acids is 1. The Balaban J connectivity index is 0.000000604. The summed E-state index contributed by atoms with van der Waals surface area (Å²) in [5.41, 5.74) is 5.16. The normalized spacial score (nSPS) is 11.1. The van der Waals surface area contributed by atoms with Gasteiger partial charge in [-0.15, -0.1) is 0 Å². The predicted octanol–water partition coefficient (Wildman–Crippen LogP) is 6.92. The van der Waals surface area contributed by atoms with E-state index in [1.54, 1.807) is 12.1 Å². The zero-order valence-corrected chi connectivity index (χ0v) is 20.7. The molecule has 0 bridgehead atoms. The smallest absolute Gasteiger partial charge is 0.478 e. The molecule has 0 fully saturated rings. The highest BCUT2D eigenvalue weighted by Crippen LogP contribution is 2.21. The van der Waals surface area contributed by atoms with Crippen LogP contribution in [0.1, 0.15) is 47.7 Å². The van der Waals surface area contributed by atoms with Gasteiger partial charge in [0.25, 0.3) is 0 Å². The van der Waals surface area contributed by atoms with E-state index in [0.29, 0.717) is 5.56 Å². The minimum Gasteiger partial charge on any atom is -0.478 e. The second-order valence-electron chi connectivity index (χ2n) is 8.60. The Labute approximate surface area is 215 Å². The van der Waals surface area contributed by atoms with Crippen molar-refractivity contribution < 1.29 is 33.0 Å². The first-order valence-electron chi connectivity index (χ1n) is 12.1. The van der Waals surface area contributed by atoms with Gasteiger partial charge in [-0.05, 0) is 53.8 Å². The van der Waals surface area contributed by atoms with Gasteiger partial charge >= 0.3 is 18.1 Å². The third kappa shape index (κ3) is 10.9. The number of hydrogen-bond acceptors (Lipinski definition) is 3. The number of carboxylic acids is 2. The summed E-state index contributed by atoms with van der Waals surface area (Å²) < 4.78 is 31.7. The van der Waals surface area contributed by atoms with E-state index < -0.39 is 18.1 Å². The highest BCUT2D eigenvalue weighted by atomic mass is 19.4. The quantitative estimate of drug-likeness (QED) is 0.271. The predicted molar refractivity (Wildman–Crippen MR) is 137 cm³/mol. The van der Waals surface area contributed by atoms with E-state index in [1.165, 1.54) is 30.4 Å². The van der Waals surface area contributed by atoms with Gasteiger partial charge < -0.3 is 10.2 Å². The molecule has 0 spiro atoms. The largest absolute Gasteiger partial charge is 0.490 e. The topological polar surface area (TPSA) is 77.8 Å². The lowest BCUT2D eigenvalue weighted by Gasteiger charge is -2.22. The monoisotopic (exact) mass is 515 g/mol. The van der Waals surface area contributed by atoms with Gasteiger partial charge in [0.1, 0.15) is 0 Å². The SMILES string of the molecule is CCCCCN(CCc1ccccc1)Cc1ccc(-c2ccc(C(=O)O)cc2)cc1.O=C(O)C(F)(F)F. The Kier molecular flexibility index (Phi) is 11.8. The number of carboxylic acid groups (broad SMARTS) is 2. The maximum atomic E-state index is 11.0. The van der Waals surface area contributed by atoms with Crippen molar-refractivity contribution in [1.29, 1.82) is 0 Å². The van der Waals surface area contributed by atoms with Crippen LogP contribution in [0.4, 0.5) is 13.2 Å². The minimum absolute atomic E-state index is 0.316. The third-order valence-electron chi connectivity index (χ3n) is 5.71. The van der Waals surface area contributed by atoms with Gasteiger partial charge in [0, 0.05) is 13.1 Å². The fraction of sp³-hybridized carbons (Fsp3) is 0.310. The molecule has 198 valence electrons. The van der Waals surface area contributed by atoms with Crippen molar-refractivity contribution in [2.75, 3.05) is 13.1 Å². The molecule has 0 aliphatic carbocycles. The van der Waals surface area contributed by atoms with Crippen molar-refractivity contribution in [3.05, 3.63) is 95.6 Å². The summed E-state index contributed by atoms with van der Waals surface area (Å²) >= 11 is 0. The van der Waals surface area contributed by atoms with E-state index in [0.717, 1.165) is 37.2 Å². The van der Waals surface area contributed by atoms with Crippen LogP contribution in [0.2, 0.25) is 0 Å². The van der Waals surface area contributed by atoms with Crippen LogP contribution in [-0.4, -0.2) is 46.3 Å². The summed E-state index contributed by atoms with van der Waals surface area (Å²) in [6.45, 7) is 5.38. The van der Waals surface area contributed by atoms with Gasteiger partial charge in [0.05, 0.1) is 5.56 Å². The van der Waals surface area contributed by atoms with Gasteiger partial charge in [0.15, 0.2) is 0 Å². The molecule has 0 radical (unpaired) electrons. The number of rotatable bonds is 11. The first kappa shape index (κ1) is 29.6. The molecule has 3 rings (SSSR count). The molecule has 0 saturated heterocycles. The number of benzene rings is 3. The molecule has 3 aromatic carbocycles. The Morgan fingerprint density at radius 3 is 1.78 bits per heavy atom. The van der Waals surface area contributed by atoms with Crippen molar-refractivity contribution in [2.45, 2.75) is 45.3 Å². The molecule has 3 aromatic rings. The molecular weight excluding hydrogens is 483 g/mol. The molecule has 0 aliphatic heterocycles. The number of hydrogen-bond donors (Lipinski definition) is 2. The van der Waals surface area contributed by atoms with Crippen LogP contribution in [-0.2, 0) is 17.8 Å². The number of carbonyl (C=O) groups is 2. The molecule has 0 aliphatic rings. The molecule has 0 aromatic heterocycles. The highest BCUT2D eigenvalue weighted by Gasteiger charge is 2.38. The van der Waals surface area contributed by atoms with Crippen molar-refractivity contribution in [2.24, 2.45) is 0 Å². The van der Waals surface area contributed by atoms with Gasteiger partial charge in [-0.2, -0.15) is 13.2 Å². The van der Waals surface area contributed by atoms with Crippen LogP contribution in [0, 0.1) is 0 Å². The lowest BCUT2D eigenvalue weighted by atomic mass is 10.0. The van der Waals surface area contributed by atoms with Crippen LogP contribution < -0.4 is 0 Å². The van der Waals surface area contributed by atoms with Crippen molar-refractivity contribution in [1.82, 2.24) is 4.90 Å². The lowest BCUT2D eigenvalue weighted by molar-refractivity contribution is -0.192. The van der Waals surface area contributed by atoms with Crippen molar-refractivity contribution >= 4 is 11.9 Å². The van der Waals surface area contributed by atoms with Crippen LogP contribution in [0.3, 0.4) is 0 Å². The second-order valence-corrected chi connectivity index (χ2v) is 8.60. The molecular formula is C29H32F3NO4. The summed E-state index contributed by atoms with van der Waals surface area (Å²) in [7, 11) is 0. The Bertz CT molecular complexity index is 1100. The lowest BCUT2D eigenvalue weighted by Crippen LogP contribution is -2.27. The van der Waals surface area contributed by atoms with E-state index in [4.69, 9.17) is 15.0 Å². The summed E-state index contributed by atoms with van der Waals surface area (Å²) in [5, 5.41) is 16.2. The molecule has 5 nitrogen and oxygen atoms in total. The average Bonchev–Trinajstić information content (AvgIpc) is 2.88. The van der Waals surface area contributed by atoms with Gasteiger partial charge in [-0.1, -0.05) is 86.5 Å². The maximum absolute atomic E-state index is 11.0. The van der Waals surface area contributed by atoms with E-state index in [1.807, 2.05) is 12.1 Å². The van der Waals surface area contributed by atoms with Gasteiger partial charge in [-0.25, -0.2) is 9.59 Å². The standard InChI is InChI=1S/C27H31NO2.C2HF3O2/c1-2-3-7-19-28(20-18-22-8-5-4-6-9-22)21-23-10-12-24(13-11-23)25-14-16-26(17-15-25)27(29)30;3-2(4,5)1(6)7/h4-6,8-17H,2-3,7,18-21H2,1H3,(H,29,30);(H,6,7). The summed E-state index contributed by atoms with van der Waals surface area (Å²) in [4.78, 5) is 22.5. The number of unbranched alkanes of at least 4 members (excludes halogenated alkanes) is 2. The Morgan fingerprint density at radius 1 is 0.757 bits per heavy atom. The molecule has 0 atom stereocenters. The fourth-order valence-electron chi connectivity index (χ4n) is 3.65. The number of aliphatic carboxylic acids is 1. The average molecular weight is 516 g/mol. The second kappa shape index (κ2) is 14.8. The first-order valence-corrected chi connectivity index (χ1v) is 12.1. The summed E-state index contributed by atoms with van der Waals surface area (Å²) in [6, 6.07) is 26.4. The Morgan fingerprint density at radius 2 is 1.30 bits per heavy atom. The number of halogens is 3. The third-order valence-corrected chi connectivity index (χ3v) is 5.71. The highest BCUT2D eigenvalue weighted by molar-refractivity contribution is 5.88. The van der Waals surface area contributed by atoms with Crippen LogP contribution >= 0.6 is 0 Å². The van der Waals surface area contributed by atoms with E-state index in [2.05, 4.69) is 66.4 Å². The molecule has 8 heteroatoms. The number of alkyl halides is 3. The van der Waals surface area contributed by atoms with Gasteiger partial charge in [0.2, 0.25) is 0 Å². The van der Waals surface area contributed by atoms with E-state index in [9.17, 15) is 18.0 Å². The zero-order chi connectivity index (χ0) is 27.3. The molecule has 0 heterocycles. The summed E-state index contributed by atoms with van der Waals surface area (Å²) in [5.74, 6) is -3.65. The van der Waals surface area contributed by atoms with Crippen LogP contribution in [0.15, 0.2) is 78.9 Å². The fourth-order valence-corrected chi connectivity index (χ4v) is 3.65. The first-order chi connectivity index (χ1) is 17.6. The van der Waals surface area contributed by atoms with Crippen LogP contribution in [0.5, 0.6) is 0 Å². The maximum Gasteiger partial charge on any atom is 0.490 e. The Hall–Kier alpha value is -3.65. The zero-order valence-electron chi connectivity index (χ0n) is 20.7. The molecule has 37 heavy (non-hydrogen) atoms. The molecule has 0 unspecified atom stereocenters. The number of nitrogens with zero attached hydrogens (tertiary/aromatic N) is 1. The molecule has 2 N–H and O–H groups in total. The van der Waals surface area contributed by atoms with E-state index >= 15 is 0 Å². The van der Waals surface area contributed by atoms with Crippen molar-refractivity contribution in [3.8, 4) is 11.1 Å². The summed E-state index contributed by atoms with van der Waals surface area (Å²) in [6.07, 6.45) is -0.269. The molecule has 0 amide bonds.